The van der Waals surface area contributed by atoms with Crippen LogP contribution in [0, 0.1) is 13.8 Å². The fraction of sp³-hybridized carbons (Fsp3) is 0.400. The number of aromatic nitrogens is 3. The Morgan fingerprint density at radius 2 is 1.88 bits per heavy atom. The molecule has 0 saturated carbocycles. The van der Waals surface area contributed by atoms with Crippen molar-refractivity contribution in [3.8, 4) is 16.9 Å². The second-order valence-electron chi connectivity index (χ2n) is 8.44. The lowest BCUT2D eigenvalue weighted by Crippen LogP contribution is -2.25. The molecule has 1 fully saturated rings. The monoisotopic (exact) mass is 433 g/mol. The molecule has 1 saturated heterocycles. The zero-order chi connectivity index (χ0) is 22.5. The van der Waals surface area contributed by atoms with E-state index in [4.69, 9.17) is 4.74 Å². The van der Waals surface area contributed by atoms with E-state index in [0.717, 1.165) is 59.1 Å². The Hall–Kier alpha value is -3.19. The Labute approximate surface area is 189 Å². The van der Waals surface area contributed by atoms with E-state index in [-0.39, 0.29) is 5.91 Å². The van der Waals surface area contributed by atoms with Crippen LogP contribution in [0.5, 0.6) is 5.75 Å². The Morgan fingerprint density at radius 3 is 2.56 bits per heavy atom. The number of rotatable bonds is 8. The highest BCUT2D eigenvalue weighted by atomic mass is 16.5. The van der Waals surface area contributed by atoms with Crippen molar-refractivity contribution in [3.05, 3.63) is 59.9 Å². The number of carbonyl (C=O) groups is 1. The largest absolute Gasteiger partial charge is 0.492 e. The van der Waals surface area contributed by atoms with E-state index < -0.39 is 0 Å². The maximum atomic E-state index is 12.6. The van der Waals surface area contributed by atoms with Crippen molar-refractivity contribution < 1.29 is 9.53 Å². The molecular formula is C25H31N5O2. The minimum atomic E-state index is -0.0531. The summed E-state index contributed by atoms with van der Waals surface area (Å²) < 4.78 is 8.15. The maximum Gasteiger partial charge on any atom is 0.228 e. The fourth-order valence-electron chi connectivity index (χ4n) is 4.26. The number of aryl methyl sites for hydroxylation is 3. The highest BCUT2D eigenvalue weighted by Crippen LogP contribution is 2.35. The van der Waals surface area contributed by atoms with Crippen LogP contribution in [0.15, 0.2) is 43.0 Å². The number of amides is 1. The first-order chi connectivity index (χ1) is 15.5. The van der Waals surface area contributed by atoms with Crippen LogP contribution in [0.25, 0.3) is 11.1 Å². The number of carbonyl (C=O) groups excluding carboxylic acids is 1. The number of ether oxygens (including phenoxy) is 1. The van der Waals surface area contributed by atoms with E-state index in [2.05, 4.69) is 20.2 Å². The molecule has 1 amide bonds. The normalized spacial score (nSPS) is 14.0. The standard InChI is InChI=1S/C25H31N5O2/c1-18-25(19(2)27-17-26-18)22-15-21(28-24(31)14-20-8-11-29(3)16-20)6-7-23(22)32-13-12-30-9-4-5-10-30/h6-8,11,15-17H,4-5,9-10,12-14H2,1-3H3,(H,28,31). The molecule has 7 heteroatoms. The Kier molecular flexibility index (Phi) is 6.85. The summed E-state index contributed by atoms with van der Waals surface area (Å²) in [6, 6.07) is 7.75. The maximum absolute atomic E-state index is 12.6. The molecule has 0 radical (unpaired) electrons. The van der Waals surface area contributed by atoms with Gasteiger partial charge in [0.1, 0.15) is 18.7 Å². The van der Waals surface area contributed by atoms with Gasteiger partial charge in [0.2, 0.25) is 5.91 Å². The van der Waals surface area contributed by atoms with Crippen molar-refractivity contribution in [2.24, 2.45) is 7.05 Å². The van der Waals surface area contributed by atoms with Crippen LogP contribution in [0.3, 0.4) is 0 Å². The molecule has 1 aliphatic heterocycles. The number of benzene rings is 1. The molecule has 1 aromatic carbocycles. The van der Waals surface area contributed by atoms with Gasteiger partial charge in [0, 0.05) is 54.2 Å². The second-order valence-corrected chi connectivity index (χ2v) is 8.44. The van der Waals surface area contributed by atoms with Crippen LogP contribution < -0.4 is 10.1 Å². The van der Waals surface area contributed by atoms with E-state index in [1.807, 2.05) is 62.1 Å². The summed E-state index contributed by atoms with van der Waals surface area (Å²) in [4.78, 5) is 23.8. The van der Waals surface area contributed by atoms with Gasteiger partial charge < -0.3 is 14.6 Å². The van der Waals surface area contributed by atoms with E-state index in [1.165, 1.54) is 12.8 Å². The first-order valence-electron chi connectivity index (χ1n) is 11.2. The van der Waals surface area contributed by atoms with Gasteiger partial charge in [0.25, 0.3) is 0 Å². The number of nitrogens with one attached hydrogen (secondary N) is 1. The van der Waals surface area contributed by atoms with Crippen LogP contribution >= 0.6 is 0 Å². The molecule has 32 heavy (non-hydrogen) atoms. The van der Waals surface area contributed by atoms with Crippen LogP contribution in [0.2, 0.25) is 0 Å². The highest BCUT2D eigenvalue weighted by Gasteiger charge is 2.17. The van der Waals surface area contributed by atoms with Crippen molar-refractivity contribution in [2.75, 3.05) is 31.6 Å². The summed E-state index contributed by atoms with van der Waals surface area (Å²) in [7, 11) is 1.95. The van der Waals surface area contributed by atoms with E-state index >= 15 is 0 Å². The fourth-order valence-corrected chi connectivity index (χ4v) is 4.26. The number of hydrogen-bond acceptors (Lipinski definition) is 5. The van der Waals surface area contributed by atoms with Crippen LogP contribution in [-0.2, 0) is 18.3 Å². The third-order valence-electron chi connectivity index (χ3n) is 5.88. The minimum absolute atomic E-state index is 0.0531. The minimum Gasteiger partial charge on any atom is -0.492 e. The van der Waals surface area contributed by atoms with Crippen LogP contribution in [0.4, 0.5) is 5.69 Å². The number of likely N-dealkylation sites (tertiary alicyclic amines) is 1. The molecule has 2 aromatic heterocycles. The zero-order valence-electron chi connectivity index (χ0n) is 19.1. The van der Waals surface area contributed by atoms with Gasteiger partial charge in [0.05, 0.1) is 6.42 Å². The lowest BCUT2D eigenvalue weighted by Gasteiger charge is -2.18. The van der Waals surface area contributed by atoms with Crippen molar-refractivity contribution in [3.63, 3.8) is 0 Å². The molecule has 3 aromatic rings. The first kappa shape index (κ1) is 22.0. The average Bonchev–Trinajstić information content (AvgIpc) is 3.41. The molecular weight excluding hydrogens is 402 g/mol. The molecule has 4 rings (SSSR count). The van der Waals surface area contributed by atoms with Crippen molar-refractivity contribution in [1.82, 2.24) is 19.4 Å². The van der Waals surface area contributed by atoms with Crippen LogP contribution in [-0.4, -0.2) is 51.6 Å². The van der Waals surface area contributed by atoms with Crippen molar-refractivity contribution in [1.29, 1.82) is 0 Å². The summed E-state index contributed by atoms with van der Waals surface area (Å²) in [6.07, 6.45) is 8.33. The number of anilines is 1. The predicted octanol–water partition coefficient (Wildman–Crippen LogP) is 3.75. The lowest BCUT2D eigenvalue weighted by molar-refractivity contribution is -0.115. The molecule has 1 N–H and O–H groups in total. The van der Waals surface area contributed by atoms with Gasteiger partial charge in [-0.2, -0.15) is 0 Å². The van der Waals surface area contributed by atoms with Crippen molar-refractivity contribution in [2.45, 2.75) is 33.1 Å². The average molecular weight is 434 g/mol. The Morgan fingerprint density at radius 1 is 1.12 bits per heavy atom. The van der Waals surface area contributed by atoms with Gasteiger partial charge in [-0.1, -0.05) is 0 Å². The Balaban J connectivity index is 1.55. The van der Waals surface area contributed by atoms with Gasteiger partial charge in [-0.15, -0.1) is 0 Å². The molecule has 0 unspecified atom stereocenters. The van der Waals surface area contributed by atoms with Gasteiger partial charge in [-0.3, -0.25) is 9.69 Å². The third-order valence-corrected chi connectivity index (χ3v) is 5.88. The molecule has 3 heterocycles. The molecule has 7 nitrogen and oxygen atoms in total. The quantitative estimate of drug-likeness (QED) is 0.586. The lowest BCUT2D eigenvalue weighted by atomic mass is 10.0. The molecule has 168 valence electrons. The highest BCUT2D eigenvalue weighted by molar-refractivity contribution is 5.93. The van der Waals surface area contributed by atoms with Gasteiger partial charge >= 0.3 is 0 Å². The van der Waals surface area contributed by atoms with Crippen molar-refractivity contribution >= 4 is 11.6 Å². The predicted molar refractivity (Wildman–Crippen MR) is 126 cm³/mol. The molecule has 0 spiro atoms. The second kappa shape index (κ2) is 9.96. The van der Waals surface area contributed by atoms with Gasteiger partial charge in [-0.25, -0.2) is 9.97 Å². The summed E-state index contributed by atoms with van der Waals surface area (Å²) in [6.45, 7) is 7.77. The third kappa shape index (κ3) is 5.34. The van der Waals surface area contributed by atoms with Gasteiger partial charge in [0.15, 0.2) is 0 Å². The summed E-state index contributed by atoms with van der Waals surface area (Å²) >= 11 is 0. The summed E-state index contributed by atoms with van der Waals surface area (Å²) in [5.74, 6) is 0.730. The molecule has 0 aliphatic carbocycles. The Bertz CT molecular complexity index is 1070. The topological polar surface area (TPSA) is 72.3 Å². The van der Waals surface area contributed by atoms with Gasteiger partial charge in [-0.05, 0) is 69.6 Å². The summed E-state index contributed by atoms with van der Waals surface area (Å²) in [5, 5.41) is 3.02. The smallest absolute Gasteiger partial charge is 0.228 e. The number of hydrogen-bond donors (Lipinski definition) is 1. The summed E-state index contributed by atoms with van der Waals surface area (Å²) in [5.41, 5.74) is 5.33. The number of nitrogens with zero attached hydrogens (tertiary/aromatic N) is 4. The van der Waals surface area contributed by atoms with E-state index in [9.17, 15) is 4.79 Å². The molecule has 0 bridgehead atoms. The zero-order valence-corrected chi connectivity index (χ0v) is 19.1. The van der Waals surface area contributed by atoms with E-state index in [1.54, 1.807) is 6.33 Å². The van der Waals surface area contributed by atoms with Crippen LogP contribution in [0.1, 0.15) is 29.8 Å². The first-order valence-corrected chi connectivity index (χ1v) is 11.2. The SMILES string of the molecule is Cc1ncnc(C)c1-c1cc(NC(=O)Cc2ccn(C)c2)ccc1OCCN1CCCC1. The molecule has 1 aliphatic rings. The molecule has 0 atom stereocenters. The van der Waals surface area contributed by atoms with E-state index in [0.29, 0.717) is 13.0 Å².